The molecule has 1 saturated carbocycles. The van der Waals surface area contributed by atoms with E-state index in [1.165, 1.54) is 0 Å². The molecule has 1 aromatic carbocycles. The summed E-state index contributed by atoms with van der Waals surface area (Å²) in [7, 11) is 0. The average molecular weight is 321 g/mol. The van der Waals surface area contributed by atoms with Gasteiger partial charge in [0, 0.05) is 35.5 Å². The summed E-state index contributed by atoms with van der Waals surface area (Å²) in [6.45, 7) is 0.731. The number of aliphatic hydroxyl groups excluding tert-OH is 1. The number of amides is 2. The van der Waals surface area contributed by atoms with Gasteiger partial charge in [-0.3, -0.25) is 0 Å². The molecular weight excluding hydrogens is 300 g/mol. The Kier molecular flexibility index (Phi) is 4.41. The van der Waals surface area contributed by atoms with E-state index in [1.54, 1.807) is 0 Å². The Labute approximate surface area is 135 Å². The highest BCUT2D eigenvalue weighted by atomic mass is 35.5. The lowest BCUT2D eigenvalue weighted by Crippen LogP contribution is -2.43. The van der Waals surface area contributed by atoms with Gasteiger partial charge in [0.2, 0.25) is 0 Å². The summed E-state index contributed by atoms with van der Waals surface area (Å²) in [6, 6.07) is 7.70. The van der Waals surface area contributed by atoms with Crippen molar-refractivity contribution in [1.82, 2.24) is 10.6 Å². The molecule has 0 aromatic heterocycles. The maximum absolute atomic E-state index is 12.0. The normalized spacial score (nSPS) is 25.0. The molecule has 22 heavy (non-hydrogen) atoms. The molecule has 2 amide bonds. The first-order valence-corrected chi connectivity index (χ1v) is 8.09. The zero-order chi connectivity index (χ0) is 15.6. The fraction of sp³-hybridized carbons (Fsp3) is 0.471. The van der Waals surface area contributed by atoms with Crippen molar-refractivity contribution in [2.45, 2.75) is 30.7 Å². The Balaban J connectivity index is 1.52. The summed E-state index contributed by atoms with van der Waals surface area (Å²) in [5, 5.41) is 15.8. The van der Waals surface area contributed by atoms with E-state index >= 15 is 0 Å². The molecular formula is C17H21ClN2O2. The van der Waals surface area contributed by atoms with Crippen LogP contribution in [0.3, 0.4) is 0 Å². The standard InChI is InChI=1S/C17H21ClN2O2/c18-15-4-2-1-3-14(15)17(7-8-17)11-19-16(22)20-13-6-5-12(9-13)10-21/h1-6,12-13,21H,7-11H2,(H2,19,20,22)/t12-,13+/m0/s1. The number of benzene rings is 1. The van der Waals surface area contributed by atoms with Crippen molar-refractivity contribution in [3.05, 3.63) is 47.0 Å². The van der Waals surface area contributed by atoms with E-state index in [0.717, 1.165) is 29.8 Å². The van der Waals surface area contributed by atoms with Gasteiger partial charge in [0.1, 0.15) is 0 Å². The van der Waals surface area contributed by atoms with Crippen molar-refractivity contribution < 1.29 is 9.90 Å². The van der Waals surface area contributed by atoms with Crippen molar-refractivity contribution in [2.75, 3.05) is 13.2 Å². The lowest BCUT2D eigenvalue weighted by Gasteiger charge is -2.19. The number of aliphatic hydroxyl groups is 1. The third-order valence-corrected chi connectivity index (χ3v) is 4.94. The van der Waals surface area contributed by atoms with Crippen LogP contribution in [0, 0.1) is 5.92 Å². The zero-order valence-electron chi connectivity index (χ0n) is 12.4. The number of carbonyl (C=O) groups is 1. The second-order valence-electron chi connectivity index (χ2n) is 6.26. The van der Waals surface area contributed by atoms with Crippen LogP contribution < -0.4 is 10.6 Å². The maximum atomic E-state index is 12.0. The minimum atomic E-state index is -0.161. The first kappa shape index (κ1) is 15.4. The monoisotopic (exact) mass is 320 g/mol. The van der Waals surface area contributed by atoms with Crippen molar-refractivity contribution in [3.8, 4) is 0 Å². The van der Waals surface area contributed by atoms with E-state index in [1.807, 2.05) is 36.4 Å². The first-order chi connectivity index (χ1) is 10.6. The smallest absolute Gasteiger partial charge is 0.315 e. The minimum absolute atomic E-state index is 0.00513. The number of hydrogen-bond donors (Lipinski definition) is 3. The Morgan fingerprint density at radius 3 is 2.73 bits per heavy atom. The fourth-order valence-electron chi connectivity index (χ4n) is 3.07. The van der Waals surface area contributed by atoms with Gasteiger partial charge in [-0.2, -0.15) is 0 Å². The van der Waals surface area contributed by atoms with Gasteiger partial charge in [-0.05, 0) is 30.9 Å². The second kappa shape index (κ2) is 6.31. The van der Waals surface area contributed by atoms with E-state index in [2.05, 4.69) is 10.6 Å². The SMILES string of the molecule is O=C(NCC1(c2ccccc2Cl)CC1)N[C@@H]1C=C[C@H](CO)C1. The highest BCUT2D eigenvalue weighted by molar-refractivity contribution is 6.31. The molecule has 118 valence electrons. The largest absolute Gasteiger partial charge is 0.396 e. The van der Waals surface area contributed by atoms with E-state index < -0.39 is 0 Å². The van der Waals surface area contributed by atoms with E-state index in [-0.39, 0.29) is 30.0 Å². The molecule has 4 nitrogen and oxygen atoms in total. The number of halogens is 1. The van der Waals surface area contributed by atoms with Crippen LogP contribution in [0.4, 0.5) is 4.79 Å². The van der Waals surface area contributed by atoms with E-state index in [4.69, 9.17) is 16.7 Å². The third kappa shape index (κ3) is 3.28. The quantitative estimate of drug-likeness (QED) is 0.730. The van der Waals surface area contributed by atoms with E-state index in [0.29, 0.717) is 6.54 Å². The van der Waals surface area contributed by atoms with Gasteiger partial charge in [0.25, 0.3) is 0 Å². The average Bonchev–Trinajstić information content (AvgIpc) is 3.17. The summed E-state index contributed by atoms with van der Waals surface area (Å²) in [5.41, 5.74) is 1.12. The van der Waals surface area contributed by atoms with Gasteiger partial charge < -0.3 is 15.7 Å². The summed E-state index contributed by atoms with van der Waals surface area (Å²) in [6.07, 6.45) is 6.76. The van der Waals surface area contributed by atoms with Crippen LogP contribution >= 0.6 is 11.6 Å². The molecule has 0 saturated heterocycles. The van der Waals surface area contributed by atoms with Gasteiger partial charge >= 0.3 is 6.03 Å². The predicted octanol–water partition coefficient (Wildman–Crippen LogP) is 2.61. The van der Waals surface area contributed by atoms with Crippen molar-refractivity contribution in [2.24, 2.45) is 5.92 Å². The molecule has 2 atom stereocenters. The van der Waals surface area contributed by atoms with Crippen LogP contribution in [0.25, 0.3) is 0 Å². The minimum Gasteiger partial charge on any atom is -0.396 e. The first-order valence-electron chi connectivity index (χ1n) is 7.71. The van der Waals surface area contributed by atoms with E-state index in [9.17, 15) is 4.79 Å². The zero-order valence-corrected chi connectivity index (χ0v) is 13.1. The predicted molar refractivity (Wildman–Crippen MR) is 87.0 cm³/mol. The molecule has 5 heteroatoms. The summed E-state index contributed by atoms with van der Waals surface area (Å²) < 4.78 is 0. The summed E-state index contributed by atoms with van der Waals surface area (Å²) in [4.78, 5) is 12.0. The van der Waals surface area contributed by atoms with Gasteiger partial charge in [-0.25, -0.2) is 4.79 Å². The second-order valence-corrected chi connectivity index (χ2v) is 6.66. The highest BCUT2D eigenvalue weighted by Crippen LogP contribution is 2.49. The number of rotatable bonds is 5. The number of carbonyl (C=O) groups excluding carboxylic acids is 1. The molecule has 3 N–H and O–H groups in total. The molecule has 2 aliphatic rings. The lowest BCUT2D eigenvalue weighted by atomic mass is 9.96. The maximum Gasteiger partial charge on any atom is 0.315 e. The molecule has 1 fully saturated rings. The van der Waals surface area contributed by atoms with Gasteiger partial charge in [-0.1, -0.05) is 42.0 Å². The van der Waals surface area contributed by atoms with Gasteiger partial charge in [0.05, 0.1) is 0 Å². The number of urea groups is 1. The Morgan fingerprint density at radius 1 is 1.32 bits per heavy atom. The van der Waals surface area contributed by atoms with Crippen molar-refractivity contribution >= 4 is 17.6 Å². The lowest BCUT2D eigenvalue weighted by molar-refractivity contribution is 0.230. The topological polar surface area (TPSA) is 61.4 Å². The highest BCUT2D eigenvalue weighted by Gasteiger charge is 2.45. The summed E-state index contributed by atoms with van der Waals surface area (Å²) in [5.74, 6) is 0.156. The molecule has 0 heterocycles. The molecule has 0 bridgehead atoms. The number of hydrogen-bond acceptors (Lipinski definition) is 2. The van der Waals surface area contributed by atoms with Crippen LogP contribution in [-0.2, 0) is 5.41 Å². The molecule has 0 radical (unpaired) electrons. The summed E-state index contributed by atoms with van der Waals surface area (Å²) >= 11 is 6.27. The Morgan fingerprint density at radius 2 is 2.09 bits per heavy atom. The van der Waals surface area contributed by atoms with Crippen molar-refractivity contribution in [1.29, 1.82) is 0 Å². The Bertz CT molecular complexity index is 584. The van der Waals surface area contributed by atoms with Crippen molar-refractivity contribution in [3.63, 3.8) is 0 Å². The van der Waals surface area contributed by atoms with Crippen LogP contribution in [0.2, 0.25) is 5.02 Å². The van der Waals surface area contributed by atoms with Crippen LogP contribution in [0.1, 0.15) is 24.8 Å². The third-order valence-electron chi connectivity index (χ3n) is 4.61. The van der Waals surface area contributed by atoms with Gasteiger partial charge in [0.15, 0.2) is 0 Å². The Hall–Kier alpha value is -1.52. The molecule has 0 aliphatic heterocycles. The number of nitrogens with one attached hydrogen (secondary N) is 2. The molecule has 3 rings (SSSR count). The van der Waals surface area contributed by atoms with Crippen LogP contribution in [0.15, 0.2) is 36.4 Å². The molecule has 0 unspecified atom stereocenters. The van der Waals surface area contributed by atoms with Gasteiger partial charge in [-0.15, -0.1) is 0 Å². The van der Waals surface area contributed by atoms with Crippen LogP contribution in [-0.4, -0.2) is 30.3 Å². The molecule has 0 spiro atoms. The molecule has 2 aliphatic carbocycles. The van der Waals surface area contributed by atoms with Crippen LogP contribution in [0.5, 0.6) is 0 Å². The fourth-order valence-corrected chi connectivity index (χ4v) is 3.41. The molecule has 1 aromatic rings.